The van der Waals surface area contributed by atoms with Crippen LogP contribution in [-0.2, 0) is 19.2 Å². The van der Waals surface area contributed by atoms with Gasteiger partial charge in [-0.2, -0.15) is 4.98 Å². The third kappa shape index (κ3) is 10.9. The Hall–Kier alpha value is -5.74. The standard InChI is InChI=1S/C29H33ClN8O4.C4H6O4/c1-6-25(39)32-21-15-22(24(42-5)16-23(21)38-13-11-37(4)12-14-38)34-29-31-17-19(30)27(35-29)33-20-10-8-7-9-18(20)26(40)28(41)36(2)3;5-3(6)1-2-4(7)8/h6-10,15-17H,1,11-14H2,2-5H3,(H,32,39)(H2,31,33,34,35);1-2H2,(H,5,6)(H,7,8). The number of halogens is 1. The van der Waals surface area contributed by atoms with Gasteiger partial charge in [0.1, 0.15) is 10.8 Å². The summed E-state index contributed by atoms with van der Waals surface area (Å²) in [4.78, 5) is 71.1. The number of ether oxygens (including phenoxy) is 1. The molecular formula is C33H39ClN8O8. The number of piperazine rings is 1. The van der Waals surface area contributed by atoms with Crippen LogP contribution < -0.4 is 25.6 Å². The van der Waals surface area contributed by atoms with Crippen molar-refractivity contribution >= 4 is 75.7 Å². The SMILES string of the molecule is C=CC(=O)Nc1cc(Nc2ncc(Cl)c(Nc3ccccc3C(=O)C(=O)N(C)C)n2)c(OC)cc1N1CCN(C)CC1.O=C(O)CCC(=O)O. The van der Waals surface area contributed by atoms with Crippen LogP contribution in [0.2, 0.25) is 5.02 Å². The quantitative estimate of drug-likeness (QED) is 0.0974. The van der Waals surface area contributed by atoms with Crippen LogP contribution in [0.1, 0.15) is 23.2 Å². The fourth-order valence-corrected chi connectivity index (χ4v) is 4.65. The van der Waals surface area contributed by atoms with E-state index in [1.807, 2.05) is 6.07 Å². The van der Waals surface area contributed by atoms with E-state index in [2.05, 4.69) is 49.3 Å². The smallest absolute Gasteiger partial charge is 0.303 e. The first kappa shape index (κ1) is 38.7. The predicted molar refractivity (Wildman–Crippen MR) is 189 cm³/mol. The lowest BCUT2D eigenvalue weighted by Gasteiger charge is -2.35. The van der Waals surface area contributed by atoms with E-state index in [-0.39, 0.29) is 41.1 Å². The van der Waals surface area contributed by atoms with Gasteiger partial charge in [0.25, 0.3) is 11.7 Å². The number of nitrogens with one attached hydrogen (secondary N) is 3. The molecule has 1 aliphatic rings. The number of aliphatic carboxylic acids is 2. The number of likely N-dealkylation sites (N-methyl/N-ethyl adjacent to an activating group) is 2. The molecule has 1 saturated heterocycles. The van der Waals surface area contributed by atoms with Gasteiger partial charge in [0.15, 0.2) is 5.82 Å². The third-order valence-corrected chi connectivity index (χ3v) is 7.45. The third-order valence-electron chi connectivity index (χ3n) is 7.17. The molecule has 5 N–H and O–H groups in total. The molecule has 2 aromatic carbocycles. The van der Waals surface area contributed by atoms with Crippen molar-refractivity contribution in [2.24, 2.45) is 0 Å². The van der Waals surface area contributed by atoms with Crippen LogP contribution in [0.15, 0.2) is 55.3 Å². The lowest BCUT2D eigenvalue weighted by Crippen LogP contribution is -2.44. The highest BCUT2D eigenvalue weighted by Gasteiger charge is 2.23. The summed E-state index contributed by atoms with van der Waals surface area (Å²) in [5.74, 6) is -2.96. The number of Topliss-reactive ketones (excluding diaryl/α,β-unsaturated/α-hetero) is 1. The van der Waals surface area contributed by atoms with Crippen LogP contribution in [0.5, 0.6) is 5.75 Å². The van der Waals surface area contributed by atoms with Gasteiger partial charge >= 0.3 is 11.9 Å². The number of aromatic nitrogens is 2. The molecule has 4 rings (SSSR count). The number of para-hydroxylation sites is 1. The Bertz CT molecular complexity index is 1730. The van der Waals surface area contributed by atoms with Crippen LogP contribution in [0.4, 0.5) is 34.5 Å². The lowest BCUT2D eigenvalue weighted by molar-refractivity contribution is -0.143. The van der Waals surface area contributed by atoms with Crippen molar-refractivity contribution in [3.63, 3.8) is 0 Å². The number of carboxylic acids is 2. The van der Waals surface area contributed by atoms with E-state index in [0.717, 1.165) is 31.9 Å². The highest BCUT2D eigenvalue weighted by atomic mass is 35.5. The van der Waals surface area contributed by atoms with Crippen LogP contribution in [0, 0.1) is 0 Å². The zero-order valence-electron chi connectivity index (χ0n) is 28.0. The van der Waals surface area contributed by atoms with Gasteiger partial charge in [-0.1, -0.05) is 30.3 Å². The van der Waals surface area contributed by atoms with Crippen molar-refractivity contribution in [1.29, 1.82) is 0 Å². The van der Waals surface area contributed by atoms with Gasteiger partial charge in [-0.05, 0) is 31.3 Å². The summed E-state index contributed by atoms with van der Waals surface area (Å²) in [7, 11) is 6.64. The summed E-state index contributed by atoms with van der Waals surface area (Å²) >= 11 is 6.40. The number of benzene rings is 2. The number of anilines is 6. The van der Waals surface area contributed by atoms with E-state index in [1.54, 1.807) is 37.4 Å². The first-order valence-electron chi connectivity index (χ1n) is 15.2. The molecule has 0 spiro atoms. The Morgan fingerprint density at radius 3 is 2.20 bits per heavy atom. The maximum absolute atomic E-state index is 12.8. The number of methoxy groups -OCH3 is 1. The van der Waals surface area contributed by atoms with Crippen LogP contribution in [0.25, 0.3) is 0 Å². The highest BCUT2D eigenvalue weighted by Crippen LogP contribution is 2.39. The Morgan fingerprint density at radius 2 is 1.62 bits per heavy atom. The van der Waals surface area contributed by atoms with Crippen molar-refractivity contribution in [2.75, 3.05) is 75.3 Å². The van der Waals surface area contributed by atoms with Crippen molar-refractivity contribution in [3.8, 4) is 5.75 Å². The molecule has 16 nitrogen and oxygen atoms in total. The van der Waals surface area contributed by atoms with Crippen molar-refractivity contribution in [2.45, 2.75) is 12.8 Å². The largest absolute Gasteiger partial charge is 0.494 e. The molecule has 2 heterocycles. The van der Waals surface area contributed by atoms with Crippen molar-refractivity contribution in [1.82, 2.24) is 19.8 Å². The summed E-state index contributed by atoms with van der Waals surface area (Å²) in [6, 6.07) is 10.2. The molecule has 2 amide bonds. The number of carbonyl (C=O) groups excluding carboxylic acids is 3. The van der Waals surface area contributed by atoms with Crippen LogP contribution in [-0.4, -0.2) is 114 Å². The number of rotatable bonds is 13. The van der Waals surface area contributed by atoms with Gasteiger partial charge in [0.05, 0.1) is 54.5 Å². The van der Waals surface area contributed by atoms with Gasteiger partial charge in [-0.25, -0.2) is 4.98 Å². The molecular weight excluding hydrogens is 672 g/mol. The number of carbonyl (C=O) groups is 5. The summed E-state index contributed by atoms with van der Waals surface area (Å²) < 4.78 is 5.69. The second-order valence-electron chi connectivity index (χ2n) is 11.1. The monoisotopic (exact) mass is 710 g/mol. The first-order valence-corrected chi connectivity index (χ1v) is 15.6. The number of ketones is 1. The van der Waals surface area contributed by atoms with E-state index in [9.17, 15) is 24.0 Å². The fourth-order valence-electron chi connectivity index (χ4n) is 4.51. The molecule has 0 aliphatic carbocycles. The number of hydrogen-bond acceptors (Lipinski definition) is 12. The molecule has 0 unspecified atom stereocenters. The number of nitrogens with zero attached hydrogens (tertiary/aromatic N) is 5. The van der Waals surface area contributed by atoms with E-state index in [4.69, 9.17) is 26.6 Å². The molecule has 0 radical (unpaired) electrons. The van der Waals surface area contributed by atoms with E-state index >= 15 is 0 Å². The Labute approximate surface area is 293 Å². The summed E-state index contributed by atoms with van der Waals surface area (Å²) in [5, 5.41) is 25.1. The Balaban J connectivity index is 0.000000753. The van der Waals surface area contributed by atoms with E-state index in [0.29, 0.717) is 22.8 Å². The molecule has 0 saturated carbocycles. The Morgan fingerprint density at radius 1 is 0.980 bits per heavy atom. The maximum atomic E-state index is 12.8. The average molecular weight is 711 g/mol. The second-order valence-corrected chi connectivity index (χ2v) is 11.5. The van der Waals surface area contributed by atoms with Crippen LogP contribution in [0.3, 0.4) is 0 Å². The van der Waals surface area contributed by atoms with Gasteiger partial charge < -0.3 is 45.6 Å². The van der Waals surface area contributed by atoms with Crippen molar-refractivity contribution in [3.05, 3.63) is 65.8 Å². The fraction of sp³-hybridized carbons (Fsp3) is 0.303. The predicted octanol–water partition coefficient (Wildman–Crippen LogP) is 3.71. The van der Waals surface area contributed by atoms with Gasteiger partial charge in [-0.3, -0.25) is 24.0 Å². The number of hydrogen-bond donors (Lipinski definition) is 5. The minimum atomic E-state index is -1.08. The van der Waals surface area contributed by atoms with E-state index < -0.39 is 23.6 Å². The summed E-state index contributed by atoms with van der Waals surface area (Å²) in [5.41, 5.74) is 2.40. The van der Waals surface area contributed by atoms with Crippen LogP contribution >= 0.6 is 11.6 Å². The highest BCUT2D eigenvalue weighted by molar-refractivity contribution is 6.43. The van der Waals surface area contributed by atoms with Gasteiger partial charge in [0.2, 0.25) is 11.9 Å². The van der Waals surface area contributed by atoms with Gasteiger partial charge in [-0.15, -0.1) is 0 Å². The molecule has 1 fully saturated rings. The number of carboxylic acid groups (broad SMARTS) is 2. The van der Waals surface area contributed by atoms with Crippen molar-refractivity contribution < 1.29 is 38.9 Å². The average Bonchev–Trinajstić information content (AvgIpc) is 3.09. The summed E-state index contributed by atoms with van der Waals surface area (Å²) in [6.45, 7) is 6.88. The molecule has 17 heteroatoms. The lowest BCUT2D eigenvalue weighted by atomic mass is 10.1. The topological polar surface area (TPSA) is 207 Å². The molecule has 3 aromatic rings. The zero-order valence-corrected chi connectivity index (χ0v) is 28.8. The normalized spacial score (nSPS) is 12.5. The molecule has 50 heavy (non-hydrogen) atoms. The Kier molecular flexibility index (Phi) is 14.0. The molecule has 266 valence electrons. The zero-order chi connectivity index (χ0) is 37.0. The summed E-state index contributed by atoms with van der Waals surface area (Å²) in [6.07, 6.45) is 2.02. The van der Waals surface area contributed by atoms with E-state index in [1.165, 1.54) is 31.3 Å². The molecule has 1 aromatic heterocycles. The molecule has 0 bridgehead atoms. The maximum Gasteiger partial charge on any atom is 0.303 e. The minimum absolute atomic E-state index is 0.168. The second kappa shape index (κ2) is 18.1. The van der Waals surface area contributed by atoms with Gasteiger partial charge in [0, 0.05) is 46.3 Å². The first-order chi connectivity index (χ1) is 23.7. The molecule has 1 aliphatic heterocycles. The number of amides is 2. The minimum Gasteiger partial charge on any atom is -0.494 e. The molecule has 0 atom stereocenters.